The van der Waals surface area contributed by atoms with Gasteiger partial charge in [-0.15, -0.1) is 0 Å². The summed E-state index contributed by atoms with van der Waals surface area (Å²) in [5.41, 5.74) is 3.60. The first-order chi connectivity index (χ1) is 20.4. The summed E-state index contributed by atoms with van der Waals surface area (Å²) < 4.78 is 24.2. The van der Waals surface area contributed by atoms with E-state index in [0.717, 1.165) is 52.7 Å². The lowest BCUT2D eigenvalue weighted by Gasteiger charge is -2.40. The Bertz CT molecular complexity index is 1460. The van der Waals surface area contributed by atoms with Crippen LogP contribution in [0.15, 0.2) is 42.6 Å². The average Bonchev–Trinajstić information content (AvgIpc) is 3.42. The molecule has 232 valence electrons. The molecule has 10 nitrogen and oxygen atoms in total. The number of aryl methyl sites for hydroxylation is 1. The minimum absolute atomic E-state index is 0.00322. The molecule has 1 aliphatic rings. The number of hydrogen-bond donors (Lipinski definition) is 1. The summed E-state index contributed by atoms with van der Waals surface area (Å²) in [4.78, 5) is 38.8. The Morgan fingerprint density at radius 1 is 1.07 bits per heavy atom. The summed E-state index contributed by atoms with van der Waals surface area (Å²) in [7, 11) is 3.03. The molecule has 0 spiro atoms. The number of nitrogens with one attached hydrogen (secondary N) is 1. The number of likely N-dealkylation sites (tertiary alicyclic amines) is 1. The van der Waals surface area contributed by atoms with E-state index < -0.39 is 11.7 Å². The van der Waals surface area contributed by atoms with Crippen molar-refractivity contribution < 1.29 is 33.3 Å². The molecular formula is C33H43N3O7. The number of fused-ring (bicyclic) bond motifs is 1. The number of amides is 1. The fourth-order valence-corrected chi connectivity index (χ4v) is 5.66. The van der Waals surface area contributed by atoms with E-state index in [-0.39, 0.29) is 24.0 Å². The highest BCUT2D eigenvalue weighted by Gasteiger charge is 2.32. The standard InChI is InChI=1S/C33H43N3O7/c1-21-18-29(40-6)27(26-13-16-36(30(21)26)32(39)43-33(3,4)5)20-35-15-12-25(42-17-14-34-22(2)37)19-28(35)23-8-10-24(11-9-23)31(38)41-7/h8-11,13,16,18,25,28H,12,14-15,17,19-20H2,1-7H3,(H,34,37)/t25-,28-/m0/s1. The first-order valence-corrected chi connectivity index (χ1v) is 14.6. The molecule has 1 N–H and O–H groups in total. The molecule has 2 atom stereocenters. The first kappa shape index (κ1) is 32.0. The Labute approximate surface area is 253 Å². The number of hydrogen-bond acceptors (Lipinski definition) is 8. The summed E-state index contributed by atoms with van der Waals surface area (Å²) in [5, 5.41) is 3.71. The van der Waals surface area contributed by atoms with Crippen LogP contribution in [0.2, 0.25) is 0 Å². The largest absolute Gasteiger partial charge is 0.496 e. The number of nitrogens with zero attached hydrogens (tertiary/aromatic N) is 2. The van der Waals surface area contributed by atoms with Crippen LogP contribution in [0, 0.1) is 6.92 Å². The lowest BCUT2D eigenvalue weighted by atomic mass is 9.91. The van der Waals surface area contributed by atoms with Crippen molar-refractivity contribution in [2.75, 3.05) is 33.9 Å². The second kappa shape index (κ2) is 13.6. The van der Waals surface area contributed by atoms with Crippen LogP contribution in [0.1, 0.15) is 73.6 Å². The van der Waals surface area contributed by atoms with Gasteiger partial charge in [0.05, 0.1) is 38.0 Å². The van der Waals surface area contributed by atoms with Crippen molar-refractivity contribution in [3.63, 3.8) is 0 Å². The summed E-state index contributed by atoms with van der Waals surface area (Å²) in [6.45, 7) is 11.2. The SMILES string of the molecule is COC(=O)c1ccc([C@@H]2C[C@@H](OCCNC(C)=O)CCN2Cc2c(OC)cc(C)c3c2ccn3C(=O)OC(C)(C)C)cc1. The van der Waals surface area contributed by atoms with Gasteiger partial charge in [-0.1, -0.05) is 12.1 Å². The molecule has 2 aromatic carbocycles. The molecule has 0 aliphatic carbocycles. The Hall–Kier alpha value is -3.89. The molecule has 4 rings (SSSR count). The number of methoxy groups -OCH3 is 2. The highest BCUT2D eigenvalue weighted by molar-refractivity contribution is 5.95. The monoisotopic (exact) mass is 593 g/mol. The van der Waals surface area contributed by atoms with Gasteiger partial charge in [0.15, 0.2) is 0 Å². The second-order valence-electron chi connectivity index (χ2n) is 11.9. The Morgan fingerprint density at radius 3 is 2.42 bits per heavy atom. The third-order valence-corrected chi connectivity index (χ3v) is 7.61. The van der Waals surface area contributed by atoms with E-state index in [2.05, 4.69) is 10.2 Å². The normalized spacial score (nSPS) is 17.5. The van der Waals surface area contributed by atoms with E-state index in [9.17, 15) is 14.4 Å². The van der Waals surface area contributed by atoms with E-state index in [1.54, 1.807) is 30.0 Å². The predicted octanol–water partition coefficient (Wildman–Crippen LogP) is 5.39. The van der Waals surface area contributed by atoms with Gasteiger partial charge in [0.1, 0.15) is 11.4 Å². The van der Waals surface area contributed by atoms with Crippen molar-refractivity contribution in [2.45, 2.75) is 71.8 Å². The van der Waals surface area contributed by atoms with Crippen LogP contribution in [0.3, 0.4) is 0 Å². The summed E-state index contributed by atoms with van der Waals surface area (Å²) in [5.74, 6) is 0.286. The number of benzene rings is 2. The molecule has 0 saturated carbocycles. The van der Waals surface area contributed by atoms with Gasteiger partial charge in [-0.05, 0) is 75.9 Å². The van der Waals surface area contributed by atoms with Gasteiger partial charge < -0.3 is 24.3 Å². The van der Waals surface area contributed by atoms with Crippen molar-refractivity contribution in [3.8, 4) is 5.75 Å². The van der Waals surface area contributed by atoms with Crippen LogP contribution in [0.5, 0.6) is 5.75 Å². The van der Waals surface area contributed by atoms with Crippen LogP contribution in [-0.2, 0) is 25.5 Å². The van der Waals surface area contributed by atoms with Crippen LogP contribution in [0.25, 0.3) is 10.9 Å². The van der Waals surface area contributed by atoms with Gasteiger partial charge in [-0.3, -0.25) is 14.3 Å². The molecule has 0 radical (unpaired) electrons. The Morgan fingerprint density at radius 2 is 1.79 bits per heavy atom. The zero-order chi connectivity index (χ0) is 31.3. The number of rotatable bonds is 9. The minimum atomic E-state index is -0.623. The van der Waals surface area contributed by atoms with Crippen molar-refractivity contribution in [1.82, 2.24) is 14.8 Å². The number of esters is 1. The van der Waals surface area contributed by atoms with Gasteiger partial charge in [0.2, 0.25) is 5.91 Å². The molecule has 0 unspecified atom stereocenters. The minimum Gasteiger partial charge on any atom is -0.496 e. The average molecular weight is 594 g/mol. The molecular weight excluding hydrogens is 550 g/mol. The Balaban J connectivity index is 1.67. The maximum Gasteiger partial charge on any atom is 0.419 e. The van der Waals surface area contributed by atoms with Gasteiger partial charge in [-0.2, -0.15) is 0 Å². The zero-order valence-electron chi connectivity index (χ0n) is 26.2. The van der Waals surface area contributed by atoms with Gasteiger partial charge in [-0.25, -0.2) is 9.59 Å². The molecule has 1 saturated heterocycles. The maximum absolute atomic E-state index is 13.1. The van der Waals surface area contributed by atoms with Crippen molar-refractivity contribution in [1.29, 1.82) is 0 Å². The maximum atomic E-state index is 13.1. The molecule has 3 aromatic rings. The summed E-state index contributed by atoms with van der Waals surface area (Å²) in [6, 6.07) is 11.4. The molecule has 1 aromatic heterocycles. The molecule has 2 heterocycles. The van der Waals surface area contributed by atoms with Gasteiger partial charge in [0.25, 0.3) is 0 Å². The predicted molar refractivity (Wildman–Crippen MR) is 163 cm³/mol. The molecule has 43 heavy (non-hydrogen) atoms. The second-order valence-corrected chi connectivity index (χ2v) is 11.9. The lowest BCUT2D eigenvalue weighted by Crippen LogP contribution is -2.40. The van der Waals surface area contributed by atoms with E-state index >= 15 is 0 Å². The number of piperidine rings is 1. The molecule has 1 aliphatic heterocycles. The van der Waals surface area contributed by atoms with Crippen LogP contribution in [-0.4, -0.2) is 73.1 Å². The molecule has 1 fully saturated rings. The van der Waals surface area contributed by atoms with E-state index in [1.807, 2.05) is 52.0 Å². The number of ether oxygens (including phenoxy) is 4. The lowest BCUT2D eigenvalue weighted by molar-refractivity contribution is -0.119. The highest BCUT2D eigenvalue weighted by Crippen LogP contribution is 2.38. The molecule has 0 bridgehead atoms. The third-order valence-electron chi connectivity index (χ3n) is 7.61. The van der Waals surface area contributed by atoms with E-state index in [1.165, 1.54) is 14.0 Å². The smallest absolute Gasteiger partial charge is 0.419 e. The fourth-order valence-electron chi connectivity index (χ4n) is 5.66. The summed E-state index contributed by atoms with van der Waals surface area (Å²) >= 11 is 0. The number of carbonyl (C=O) groups is 3. The number of carbonyl (C=O) groups excluding carboxylic acids is 3. The van der Waals surface area contributed by atoms with Gasteiger partial charge >= 0.3 is 12.1 Å². The quantitative estimate of drug-likeness (QED) is 0.260. The van der Waals surface area contributed by atoms with Crippen molar-refractivity contribution >= 4 is 28.9 Å². The van der Waals surface area contributed by atoms with Crippen LogP contribution < -0.4 is 10.1 Å². The van der Waals surface area contributed by atoms with Crippen molar-refractivity contribution in [3.05, 3.63) is 64.8 Å². The number of aromatic nitrogens is 1. The first-order valence-electron chi connectivity index (χ1n) is 14.6. The van der Waals surface area contributed by atoms with E-state index in [4.69, 9.17) is 18.9 Å². The molecule has 1 amide bonds. The zero-order valence-corrected chi connectivity index (χ0v) is 26.2. The van der Waals surface area contributed by atoms with Crippen molar-refractivity contribution in [2.24, 2.45) is 0 Å². The highest BCUT2D eigenvalue weighted by atomic mass is 16.6. The van der Waals surface area contributed by atoms with Gasteiger partial charge in [0, 0.05) is 49.7 Å². The van der Waals surface area contributed by atoms with Crippen LogP contribution in [0.4, 0.5) is 4.79 Å². The Kier molecular flexibility index (Phi) is 10.1. The third kappa shape index (κ3) is 7.74. The molecule has 10 heteroatoms. The van der Waals surface area contributed by atoms with Crippen LogP contribution >= 0.6 is 0 Å². The summed E-state index contributed by atoms with van der Waals surface area (Å²) in [6.07, 6.45) is 2.87. The topological polar surface area (TPSA) is 108 Å². The van der Waals surface area contributed by atoms with E-state index in [0.29, 0.717) is 25.3 Å². The fraction of sp³-hybridized carbons (Fsp3) is 0.485.